The first-order valence-corrected chi connectivity index (χ1v) is 7.25. The minimum atomic E-state index is -0.919. The topological polar surface area (TPSA) is 83.5 Å². The second-order valence-corrected chi connectivity index (χ2v) is 5.91. The van der Waals surface area contributed by atoms with Crippen LogP contribution < -0.4 is 5.32 Å². The van der Waals surface area contributed by atoms with E-state index in [2.05, 4.69) is 5.32 Å². The Kier molecular flexibility index (Phi) is 6.54. The Labute approximate surface area is 125 Å². The smallest absolute Gasteiger partial charge is 0.304 e. The van der Waals surface area contributed by atoms with Gasteiger partial charge in [0.2, 0.25) is 5.91 Å². The Morgan fingerprint density at radius 3 is 2.60 bits per heavy atom. The molecule has 0 heterocycles. The molecular weight excluding hydrogens is 302 g/mol. The van der Waals surface area contributed by atoms with Gasteiger partial charge in [-0.25, -0.2) is 0 Å². The van der Waals surface area contributed by atoms with Gasteiger partial charge in [0.05, 0.1) is 22.8 Å². The third-order valence-electron chi connectivity index (χ3n) is 2.33. The molecule has 108 valence electrons. The molecule has 0 fully saturated rings. The molecule has 1 rings (SSSR count). The van der Waals surface area contributed by atoms with Crippen LogP contribution in [0.5, 0.6) is 0 Å². The van der Waals surface area contributed by atoms with Gasteiger partial charge in [0.25, 0.3) is 5.91 Å². The summed E-state index contributed by atoms with van der Waals surface area (Å²) < 4.78 is 0. The lowest BCUT2D eigenvalue weighted by Gasteiger charge is -2.09. The molecule has 0 aliphatic carbocycles. The van der Waals surface area contributed by atoms with Crippen LogP contribution in [0.2, 0.25) is 5.02 Å². The number of carboxylic acid groups (broad SMARTS) is 1. The molecule has 0 aromatic heterocycles. The monoisotopic (exact) mass is 315 g/mol. The van der Waals surface area contributed by atoms with Crippen LogP contribution in [0, 0.1) is 0 Å². The Morgan fingerprint density at radius 2 is 2.00 bits per heavy atom. The zero-order valence-electron chi connectivity index (χ0n) is 10.8. The number of hydrogen-bond acceptors (Lipinski definition) is 4. The number of imide groups is 1. The largest absolute Gasteiger partial charge is 0.481 e. The summed E-state index contributed by atoms with van der Waals surface area (Å²) in [5.74, 6) is -1.94. The first-order chi connectivity index (χ1) is 9.40. The lowest BCUT2D eigenvalue weighted by molar-refractivity contribution is -0.136. The molecule has 1 aromatic rings. The van der Waals surface area contributed by atoms with Crippen molar-refractivity contribution in [2.75, 3.05) is 5.75 Å². The van der Waals surface area contributed by atoms with E-state index in [9.17, 15) is 14.4 Å². The number of hydrogen-bond donors (Lipinski definition) is 2. The molecule has 7 heteroatoms. The van der Waals surface area contributed by atoms with E-state index < -0.39 is 17.8 Å². The maximum Gasteiger partial charge on any atom is 0.304 e. The molecule has 1 atom stereocenters. The van der Waals surface area contributed by atoms with Crippen LogP contribution >= 0.6 is 23.4 Å². The number of carbonyl (C=O) groups excluding carboxylic acids is 2. The number of carbonyl (C=O) groups is 3. The van der Waals surface area contributed by atoms with Crippen LogP contribution in [0.15, 0.2) is 24.3 Å². The molecule has 20 heavy (non-hydrogen) atoms. The van der Waals surface area contributed by atoms with E-state index in [1.807, 2.05) is 0 Å². The van der Waals surface area contributed by atoms with Gasteiger partial charge >= 0.3 is 5.97 Å². The lowest BCUT2D eigenvalue weighted by Crippen LogP contribution is -2.32. The molecule has 0 aliphatic heterocycles. The first-order valence-electron chi connectivity index (χ1n) is 5.82. The lowest BCUT2D eigenvalue weighted by atomic mass is 10.2. The number of benzene rings is 1. The predicted molar refractivity (Wildman–Crippen MR) is 78.1 cm³/mol. The normalized spacial score (nSPS) is 11.7. The van der Waals surface area contributed by atoms with E-state index in [1.165, 1.54) is 17.8 Å². The van der Waals surface area contributed by atoms with Crippen molar-refractivity contribution in [1.82, 2.24) is 5.32 Å². The average Bonchev–Trinajstić information content (AvgIpc) is 2.36. The number of rotatable bonds is 6. The van der Waals surface area contributed by atoms with Crippen LogP contribution in [0.1, 0.15) is 23.7 Å². The summed E-state index contributed by atoms with van der Waals surface area (Å²) in [6, 6.07) is 6.41. The number of nitrogens with one attached hydrogen (secondary N) is 1. The minimum Gasteiger partial charge on any atom is -0.481 e. The molecule has 2 N–H and O–H groups in total. The van der Waals surface area contributed by atoms with Gasteiger partial charge in [-0.05, 0) is 12.1 Å². The van der Waals surface area contributed by atoms with E-state index in [0.29, 0.717) is 0 Å². The van der Waals surface area contributed by atoms with Gasteiger partial charge in [-0.15, -0.1) is 11.8 Å². The molecule has 0 bridgehead atoms. The van der Waals surface area contributed by atoms with Gasteiger partial charge in [-0.3, -0.25) is 19.7 Å². The van der Waals surface area contributed by atoms with Gasteiger partial charge in [-0.1, -0.05) is 30.7 Å². The second kappa shape index (κ2) is 7.91. The maximum atomic E-state index is 11.8. The Hall–Kier alpha value is -1.53. The minimum absolute atomic E-state index is 0.0185. The molecule has 0 saturated carbocycles. The van der Waals surface area contributed by atoms with Gasteiger partial charge < -0.3 is 5.11 Å². The van der Waals surface area contributed by atoms with E-state index in [1.54, 1.807) is 25.1 Å². The molecule has 0 spiro atoms. The molecular formula is C13H14ClNO4S. The fourth-order valence-corrected chi connectivity index (χ4v) is 2.39. The standard InChI is InChI=1S/C13H14ClNO4S/c1-8(6-12(17)18)20-7-11(16)15-13(19)9-4-2-3-5-10(9)14/h2-5,8H,6-7H2,1H3,(H,17,18)(H,15,16,19). The quantitative estimate of drug-likeness (QED) is 0.840. The molecule has 0 aliphatic rings. The molecule has 0 saturated heterocycles. The van der Waals surface area contributed by atoms with Crippen molar-refractivity contribution >= 4 is 41.1 Å². The highest BCUT2D eigenvalue weighted by molar-refractivity contribution is 8.00. The maximum absolute atomic E-state index is 11.8. The molecule has 1 unspecified atom stereocenters. The molecule has 5 nitrogen and oxygen atoms in total. The van der Waals surface area contributed by atoms with E-state index in [0.717, 1.165) is 0 Å². The SMILES string of the molecule is CC(CC(=O)O)SCC(=O)NC(=O)c1ccccc1Cl. The summed E-state index contributed by atoms with van der Waals surface area (Å²) in [5.41, 5.74) is 0.228. The van der Waals surface area contributed by atoms with Crippen LogP contribution in [0.3, 0.4) is 0 Å². The van der Waals surface area contributed by atoms with Crippen molar-refractivity contribution in [3.05, 3.63) is 34.9 Å². The van der Waals surface area contributed by atoms with Crippen molar-refractivity contribution in [1.29, 1.82) is 0 Å². The number of aliphatic carboxylic acids is 1. The van der Waals surface area contributed by atoms with Crippen LogP contribution in [-0.4, -0.2) is 33.9 Å². The average molecular weight is 316 g/mol. The summed E-state index contributed by atoms with van der Waals surface area (Å²) in [5, 5.41) is 10.9. The van der Waals surface area contributed by atoms with Crippen molar-refractivity contribution < 1.29 is 19.5 Å². The van der Waals surface area contributed by atoms with Gasteiger partial charge in [0, 0.05) is 5.25 Å². The number of thioether (sulfide) groups is 1. The van der Waals surface area contributed by atoms with Crippen LogP contribution in [0.4, 0.5) is 0 Å². The third-order valence-corrected chi connectivity index (χ3v) is 3.83. The van der Waals surface area contributed by atoms with Crippen molar-refractivity contribution in [3.63, 3.8) is 0 Å². The zero-order valence-corrected chi connectivity index (χ0v) is 12.3. The predicted octanol–water partition coefficient (Wildman–Crippen LogP) is 2.19. The van der Waals surface area contributed by atoms with Crippen molar-refractivity contribution in [3.8, 4) is 0 Å². The zero-order chi connectivity index (χ0) is 15.1. The van der Waals surface area contributed by atoms with Crippen molar-refractivity contribution in [2.24, 2.45) is 0 Å². The van der Waals surface area contributed by atoms with Gasteiger partial charge in [-0.2, -0.15) is 0 Å². The summed E-state index contributed by atoms with van der Waals surface area (Å²) in [7, 11) is 0. The molecule has 0 radical (unpaired) electrons. The van der Waals surface area contributed by atoms with E-state index in [4.69, 9.17) is 16.7 Å². The highest BCUT2D eigenvalue weighted by Crippen LogP contribution is 2.15. The van der Waals surface area contributed by atoms with Crippen LogP contribution in [0.25, 0.3) is 0 Å². The fourth-order valence-electron chi connectivity index (χ4n) is 1.40. The number of carboxylic acids is 1. The van der Waals surface area contributed by atoms with Crippen molar-refractivity contribution in [2.45, 2.75) is 18.6 Å². The Bertz CT molecular complexity index is 521. The fraction of sp³-hybridized carbons (Fsp3) is 0.308. The summed E-state index contributed by atoms with van der Waals surface area (Å²) in [4.78, 5) is 33.8. The highest BCUT2D eigenvalue weighted by Gasteiger charge is 2.15. The molecule has 1 aromatic carbocycles. The Morgan fingerprint density at radius 1 is 1.35 bits per heavy atom. The van der Waals surface area contributed by atoms with E-state index >= 15 is 0 Å². The summed E-state index contributed by atoms with van der Waals surface area (Å²) in [6.45, 7) is 1.71. The number of halogens is 1. The number of amides is 2. The molecule has 2 amide bonds. The summed E-state index contributed by atoms with van der Waals surface area (Å²) in [6.07, 6.45) is -0.0313. The third kappa shape index (κ3) is 5.63. The van der Waals surface area contributed by atoms with Gasteiger partial charge in [0.1, 0.15) is 0 Å². The highest BCUT2D eigenvalue weighted by atomic mass is 35.5. The summed E-state index contributed by atoms with van der Waals surface area (Å²) >= 11 is 7.02. The second-order valence-electron chi connectivity index (χ2n) is 4.08. The van der Waals surface area contributed by atoms with Crippen LogP contribution in [-0.2, 0) is 9.59 Å². The van der Waals surface area contributed by atoms with E-state index in [-0.39, 0.29) is 28.0 Å². The first kappa shape index (κ1) is 16.5. The Balaban J connectivity index is 2.45. The van der Waals surface area contributed by atoms with Gasteiger partial charge in [0.15, 0.2) is 0 Å².